The molecule has 1 aromatic heterocycles. The number of amides is 1. The minimum absolute atomic E-state index is 0.0246. The van der Waals surface area contributed by atoms with E-state index in [-0.39, 0.29) is 34.7 Å². The van der Waals surface area contributed by atoms with Crippen molar-refractivity contribution in [3.05, 3.63) is 89.8 Å². The number of nitrogens with zero attached hydrogens (tertiary/aromatic N) is 1. The van der Waals surface area contributed by atoms with Gasteiger partial charge >= 0.3 is 0 Å². The highest BCUT2D eigenvalue weighted by Crippen LogP contribution is 2.47. The Morgan fingerprint density at radius 3 is 2.29 bits per heavy atom. The van der Waals surface area contributed by atoms with Crippen LogP contribution in [-0.2, 0) is 21.4 Å². The predicted octanol–water partition coefficient (Wildman–Crippen LogP) is 3.58. The molecule has 0 spiro atoms. The maximum Gasteiger partial charge on any atom is 0.240 e. The number of aromatic nitrogens is 1. The summed E-state index contributed by atoms with van der Waals surface area (Å²) in [5.74, 6) is -1.64. The lowest BCUT2D eigenvalue weighted by molar-refractivity contribution is -0.117. The van der Waals surface area contributed by atoms with Crippen LogP contribution in [-0.4, -0.2) is 19.3 Å². The first-order valence-electron chi connectivity index (χ1n) is 9.57. The van der Waals surface area contributed by atoms with Gasteiger partial charge < -0.3 is 5.32 Å². The number of rotatable bonds is 7. The van der Waals surface area contributed by atoms with Gasteiger partial charge in [-0.05, 0) is 72.0 Å². The van der Waals surface area contributed by atoms with E-state index in [9.17, 15) is 22.0 Å². The van der Waals surface area contributed by atoms with E-state index >= 15 is 0 Å². The van der Waals surface area contributed by atoms with E-state index in [0.29, 0.717) is 11.8 Å². The summed E-state index contributed by atoms with van der Waals surface area (Å²) in [7, 11) is -3.89. The molecule has 160 valence electrons. The standard InChI is InChI=1S/C22H19F2N3O3S/c23-16-9-14(10-17(24)11-16)13-26-31(29,30)19-3-1-18(2-4-19)27-22(28)21-12-20(21)15-5-7-25-8-6-15/h1-11,20-21,26H,12-13H2,(H,27,28). The van der Waals surface area contributed by atoms with E-state index < -0.39 is 21.7 Å². The lowest BCUT2D eigenvalue weighted by Gasteiger charge is -2.09. The van der Waals surface area contributed by atoms with Gasteiger partial charge in [0.05, 0.1) is 4.90 Å². The minimum Gasteiger partial charge on any atom is -0.326 e. The van der Waals surface area contributed by atoms with Crippen LogP contribution in [0.5, 0.6) is 0 Å². The summed E-state index contributed by atoms with van der Waals surface area (Å²) < 4.78 is 53.7. The molecule has 1 amide bonds. The van der Waals surface area contributed by atoms with Gasteiger partial charge in [0.15, 0.2) is 0 Å². The van der Waals surface area contributed by atoms with E-state index in [4.69, 9.17) is 0 Å². The minimum atomic E-state index is -3.89. The topological polar surface area (TPSA) is 88.2 Å². The second kappa shape index (κ2) is 8.52. The molecule has 3 aromatic rings. The van der Waals surface area contributed by atoms with Gasteiger partial charge in [-0.25, -0.2) is 21.9 Å². The molecule has 0 radical (unpaired) electrons. The Kier molecular flexibility index (Phi) is 5.79. The number of pyridine rings is 1. The fourth-order valence-corrected chi connectivity index (χ4v) is 4.41. The molecular weight excluding hydrogens is 424 g/mol. The van der Waals surface area contributed by atoms with Crippen molar-refractivity contribution in [3.63, 3.8) is 0 Å². The zero-order chi connectivity index (χ0) is 22.0. The molecule has 4 rings (SSSR count). The molecule has 1 saturated carbocycles. The number of sulfonamides is 1. The van der Waals surface area contributed by atoms with Crippen LogP contribution in [0.25, 0.3) is 0 Å². The second-order valence-electron chi connectivity index (χ2n) is 7.35. The van der Waals surface area contributed by atoms with E-state index in [2.05, 4.69) is 15.0 Å². The van der Waals surface area contributed by atoms with Crippen LogP contribution < -0.4 is 10.0 Å². The van der Waals surface area contributed by atoms with Crippen molar-refractivity contribution in [1.29, 1.82) is 0 Å². The Balaban J connectivity index is 1.35. The molecule has 0 aliphatic heterocycles. The fraction of sp³-hybridized carbons (Fsp3) is 0.182. The molecule has 2 unspecified atom stereocenters. The predicted molar refractivity (Wildman–Crippen MR) is 111 cm³/mol. The average molecular weight is 443 g/mol. The number of halogens is 2. The number of benzene rings is 2. The van der Waals surface area contributed by atoms with Crippen molar-refractivity contribution in [2.75, 3.05) is 5.32 Å². The molecule has 2 N–H and O–H groups in total. The van der Waals surface area contributed by atoms with Crippen molar-refractivity contribution in [1.82, 2.24) is 9.71 Å². The van der Waals surface area contributed by atoms with Crippen LogP contribution in [0.15, 0.2) is 71.9 Å². The van der Waals surface area contributed by atoms with Crippen molar-refractivity contribution in [3.8, 4) is 0 Å². The Morgan fingerprint density at radius 1 is 1.00 bits per heavy atom. The first kappa shape index (κ1) is 21.1. The molecule has 9 heteroatoms. The van der Waals surface area contributed by atoms with Crippen LogP contribution in [0.1, 0.15) is 23.5 Å². The Labute approximate surface area is 178 Å². The zero-order valence-electron chi connectivity index (χ0n) is 16.3. The number of hydrogen-bond donors (Lipinski definition) is 2. The van der Waals surface area contributed by atoms with Crippen molar-refractivity contribution < 1.29 is 22.0 Å². The van der Waals surface area contributed by atoms with Gasteiger partial charge in [0.1, 0.15) is 11.6 Å². The normalized spacial score (nSPS) is 17.9. The quantitative estimate of drug-likeness (QED) is 0.584. The summed E-state index contributed by atoms with van der Waals surface area (Å²) in [6.45, 7) is -0.256. The Morgan fingerprint density at radius 2 is 1.65 bits per heavy atom. The number of hydrogen-bond acceptors (Lipinski definition) is 4. The first-order chi connectivity index (χ1) is 14.8. The summed E-state index contributed by atoms with van der Waals surface area (Å²) in [5, 5.41) is 2.80. The lowest BCUT2D eigenvalue weighted by Crippen LogP contribution is -2.23. The Bertz CT molecular complexity index is 1180. The molecule has 2 atom stereocenters. The summed E-state index contributed by atoms with van der Waals surface area (Å²) >= 11 is 0. The van der Waals surface area contributed by atoms with Crippen LogP contribution >= 0.6 is 0 Å². The van der Waals surface area contributed by atoms with Crippen LogP contribution in [0.2, 0.25) is 0 Å². The van der Waals surface area contributed by atoms with E-state index in [1.54, 1.807) is 12.4 Å². The third-order valence-corrected chi connectivity index (χ3v) is 6.50. The highest BCUT2D eigenvalue weighted by Gasteiger charge is 2.43. The number of carbonyl (C=O) groups excluding carboxylic acids is 1. The molecule has 31 heavy (non-hydrogen) atoms. The molecular formula is C22H19F2N3O3S. The molecule has 0 saturated heterocycles. The smallest absolute Gasteiger partial charge is 0.240 e. The van der Waals surface area contributed by atoms with Gasteiger partial charge in [0.2, 0.25) is 15.9 Å². The maximum absolute atomic E-state index is 13.2. The van der Waals surface area contributed by atoms with Gasteiger partial charge in [-0.15, -0.1) is 0 Å². The highest BCUT2D eigenvalue weighted by atomic mass is 32.2. The van der Waals surface area contributed by atoms with Crippen molar-refractivity contribution in [2.45, 2.75) is 23.8 Å². The summed E-state index contributed by atoms with van der Waals surface area (Å²) in [5.41, 5.74) is 1.72. The van der Waals surface area contributed by atoms with Gasteiger partial charge in [-0.1, -0.05) is 0 Å². The Hall–Kier alpha value is -3.17. The van der Waals surface area contributed by atoms with E-state index in [0.717, 1.165) is 24.1 Å². The maximum atomic E-state index is 13.2. The first-order valence-corrected chi connectivity index (χ1v) is 11.1. The molecule has 6 nitrogen and oxygen atoms in total. The number of anilines is 1. The van der Waals surface area contributed by atoms with Gasteiger partial charge in [0.25, 0.3) is 0 Å². The molecule has 2 aromatic carbocycles. The summed E-state index contributed by atoms with van der Waals surface area (Å²) in [4.78, 5) is 16.4. The van der Waals surface area contributed by atoms with Gasteiger partial charge in [0, 0.05) is 36.6 Å². The fourth-order valence-electron chi connectivity index (χ4n) is 3.39. The van der Waals surface area contributed by atoms with E-state index in [1.165, 1.54) is 24.3 Å². The average Bonchev–Trinajstić information content (AvgIpc) is 3.54. The number of carbonyl (C=O) groups is 1. The largest absolute Gasteiger partial charge is 0.326 e. The van der Waals surface area contributed by atoms with Crippen LogP contribution in [0.3, 0.4) is 0 Å². The number of nitrogens with one attached hydrogen (secondary N) is 2. The van der Waals surface area contributed by atoms with Crippen LogP contribution in [0, 0.1) is 17.6 Å². The van der Waals surface area contributed by atoms with Crippen molar-refractivity contribution >= 4 is 21.6 Å². The molecule has 1 heterocycles. The van der Waals surface area contributed by atoms with Crippen LogP contribution in [0.4, 0.5) is 14.5 Å². The SMILES string of the molecule is O=C(Nc1ccc(S(=O)(=O)NCc2cc(F)cc(F)c2)cc1)C1CC1c1ccncc1. The zero-order valence-corrected chi connectivity index (χ0v) is 17.1. The third-order valence-electron chi connectivity index (χ3n) is 5.08. The monoisotopic (exact) mass is 443 g/mol. The second-order valence-corrected chi connectivity index (χ2v) is 9.11. The molecule has 1 fully saturated rings. The van der Waals surface area contributed by atoms with Gasteiger partial charge in [-0.3, -0.25) is 9.78 Å². The van der Waals surface area contributed by atoms with Crippen molar-refractivity contribution in [2.24, 2.45) is 5.92 Å². The molecule has 0 bridgehead atoms. The lowest BCUT2D eigenvalue weighted by atomic mass is 10.1. The highest BCUT2D eigenvalue weighted by molar-refractivity contribution is 7.89. The van der Waals surface area contributed by atoms with E-state index in [1.807, 2.05) is 12.1 Å². The van der Waals surface area contributed by atoms with Gasteiger partial charge in [-0.2, -0.15) is 0 Å². The summed E-state index contributed by atoms with van der Waals surface area (Å²) in [6, 6.07) is 12.3. The summed E-state index contributed by atoms with van der Waals surface area (Å²) in [6.07, 6.45) is 4.15. The molecule has 1 aliphatic rings. The third kappa shape index (κ3) is 5.12. The molecule has 1 aliphatic carbocycles.